The normalized spacial score (nSPS) is 14.4. The van der Waals surface area contributed by atoms with E-state index < -0.39 is 6.36 Å². The van der Waals surface area contributed by atoms with Crippen LogP contribution in [0.5, 0.6) is 5.75 Å². The molecule has 0 unspecified atom stereocenters. The Morgan fingerprint density at radius 1 is 1.02 bits per heavy atom. The number of unbranched alkanes of at least 4 members (excludes halogenated alkanes) is 2. The quantitative estimate of drug-likeness (QED) is 0.130. The van der Waals surface area contributed by atoms with Crippen LogP contribution < -0.4 is 9.64 Å². The number of aryl methyl sites for hydroxylation is 3. The number of carbonyl (C=O) groups is 1. The number of aromatic nitrogens is 3. The third-order valence-corrected chi connectivity index (χ3v) is 8.24. The highest BCUT2D eigenvalue weighted by molar-refractivity contribution is 8.15. The molecule has 0 bridgehead atoms. The van der Waals surface area contributed by atoms with Gasteiger partial charge in [-0.15, -0.1) is 18.3 Å². The van der Waals surface area contributed by atoms with Gasteiger partial charge in [-0.05, 0) is 80.1 Å². The smallest absolute Gasteiger partial charge is 0.406 e. The zero-order valence-electron chi connectivity index (χ0n) is 24.2. The lowest BCUT2D eigenvalue weighted by Gasteiger charge is -2.20. The standard InChI is InChI=1S/C32H30F3N5O2S2/c1-21-8-6-9-22(2)29(21)40-28(41)19-44-31(40)37-27(43)13-5-3-4-10-23-11-7-12-24(18-23)30-36-20-39(38-30)25-14-16-26(17-15-25)42-32(33,34)35/h6-9,11-12,14-18,20H,3-5,10,13,19H2,1-2H3. The van der Waals surface area contributed by atoms with Crippen molar-refractivity contribution < 1.29 is 22.7 Å². The average Bonchev–Trinajstić information content (AvgIpc) is 3.60. The summed E-state index contributed by atoms with van der Waals surface area (Å²) >= 11 is 7.00. The first-order valence-electron chi connectivity index (χ1n) is 14.1. The molecule has 3 aromatic carbocycles. The maximum absolute atomic E-state index is 12.7. The molecule has 228 valence electrons. The Kier molecular flexibility index (Phi) is 9.80. The summed E-state index contributed by atoms with van der Waals surface area (Å²) in [6, 6.07) is 19.4. The number of anilines is 1. The summed E-state index contributed by atoms with van der Waals surface area (Å²) in [4.78, 5) is 24.0. The molecule has 4 aromatic rings. The van der Waals surface area contributed by atoms with E-state index in [1.165, 1.54) is 47.0 Å². The minimum absolute atomic E-state index is 0.0201. The summed E-state index contributed by atoms with van der Waals surface area (Å²) in [5.41, 5.74) is 5.52. The van der Waals surface area contributed by atoms with Crippen LogP contribution >= 0.6 is 24.0 Å². The Morgan fingerprint density at radius 2 is 1.75 bits per heavy atom. The van der Waals surface area contributed by atoms with Gasteiger partial charge in [0.2, 0.25) is 5.91 Å². The van der Waals surface area contributed by atoms with Gasteiger partial charge in [0.25, 0.3) is 0 Å². The van der Waals surface area contributed by atoms with Crippen molar-refractivity contribution in [3.63, 3.8) is 0 Å². The van der Waals surface area contributed by atoms with E-state index in [2.05, 4.69) is 25.9 Å². The van der Waals surface area contributed by atoms with Gasteiger partial charge in [-0.1, -0.05) is 66.8 Å². The molecule has 1 saturated heterocycles. The Morgan fingerprint density at radius 3 is 2.48 bits per heavy atom. The lowest BCUT2D eigenvalue weighted by atomic mass is 10.0. The maximum Gasteiger partial charge on any atom is 0.573 e. The summed E-state index contributed by atoms with van der Waals surface area (Å²) in [5, 5.41) is 5.15. The lowest BCUT2D eigenvalue weighted by molar-refractivity contribution is -0.274. The van der Waals surface area contributed by atoms with E-state index in [-0.39, 0.29) is 11.7 Å². The van der Waals surface area contributed by atoms with Crippen LogP contribution in [0.15, 0.2) is 78.0 Å². The molecule has 5 rings (SSSR count). The van der Waals surface area contributed by atoms with E-state index in [0.29, 0.717) is 33.8 Å². The number of para-hydroxylation sites is 1. The summed E-state index contributed by atoms with van der Waals surface area (Å²) in [7, 11) is 0. The summed E-state index contributed by atoms with van der Waals surface area (Å²) in [6.45, 7) is 3.99. The molecule has 1 aliphatic rings. The van der Waals surface area contributed by atoms with Crippen molar-refractivity contribution in [2.24, 2.45) is 4.99 Å². The minimum atomic E-state index is -4.74. The van der Waals surface area contributed by atoms with Gasteiger partial charge in [-0.25, -0.2) is 14.7 Å². The van der Waals surface area contributed by atoms with E-state index in [4.69, 9.17) is 12.2 Å². The van der Waals surface area contributed by atoms with Crippen molar-refractivity contribution in [3.05, 3.63) is 89.7 Å². The van der Waals surface area contributed by atoms with Crippen LogP contribution in [0.2, 0.25) is 0 Å². The Bertz CT molecular complexity index is 1670. The second-order valence-corrected chi connectivity index (χ2v) is 11.8. The lowest BCUT2D eigenvalue weighted by Crippen LogP contribution is -2.31. The molecule has 0 N–H and O–H groups in total. The summed E-state index contributed by atoms with van der Waals surface area (Å²) in [5.74, 6) is 0.600. The van der Waals surface area contributed by atoms with Crippen molar-refractivity contribution in [1.29, 1.82) is 0 Å². The van der Waals surface area contributed by atoms with Gasteiger partial charge in [0.05, 0.1) is 17.1 Å². The Labute approximate surface area is 263 Å². The number of aliphatic imine (C=N–C) groups is 1. The number of thiocarbonyl (C=S) groups is 1. The molecule has 12 heteroatoms. The highest BCUT2D eigenvalue weighted by Crippen LogP contribution is 2.32. The van der Waals surface area contributed by atoms with Crippen LogP contribution in [-0.4, -0.2) is 42.9 Å². The number of nitrogens with zero attached hydrogens (tertiary/aromatic N) is 5. The number of amidine groups is 1. The number of rotatable bonds is 10. The first kappa shape index (κ1) is 31.4. The highest BCUT2D eigenvalue weighted by Gasteiger charge is 2.32. The minimum Gasteiger partial charge on any atom is -0.406 e. The monoisotopic (exact) mass is 637 g/mol. The van der Waals surface area contributed by atoms with Crippen LogP contribution in [0.3, 0.4) is 0 Å². The fourth-order valence-electron chi connectivity index (χ4n) is 4.95. The topological polar surface area (TPSA) is 72.6 Å². The number of halogens is 3. The molecule has 1 aliphatic heterocycles. The predicted molar refractivity (Wildman–Crippen MR) is 172 cm³/mol. The molecule has 0 radical (unpaired) electrons. The second kappa shape index (κ2) is 13.7. The molecule has 0 atom stereocenters. The SMILES string of the molecule is Cc1cccc(C)c1N1C(=O)CSC1=NC(=S)CCCCCc1cccc(-c2ncn(-c3ccc(OC(F)(F)F)cc3)n2)c1. The van der Waals surface area contributed by atoms with E-state index in [1.54, 1.807) is 4.90 Å². The van der Waals surface area contributed by atoms with Crippen molar-refractivity contribution in [2.45, 2.75) is 52.3 Å². The van der Waals surface area contributed by atoms with Crippen molar-refractivity contribution in [3.8, 4) is 22.8 Å². The van der Waals surface area contributed by atoms with E-state index in [0.717, 1.165) is 53.6 Å². The molecular formula is C32H30F3N5O2S2. The zero-order valence-corrected chi connectivity index (χ0v) is 25.8. The van der Waals surface area contributed by atoms with Crippen LogP contribution in [-0.2, 0) is 11.2 Å². The predicted octanol–water partition coefficient (Wildman–Crippen LogP) is 8.02. The number of carbonyl (C=O) groups excluding carboxylic acids is 1. The third kappa shape index (κ3) is 7.92. The fraction of sp³-hybridized carbons (Fsp3) is 0.281. The van der Waals surface area contributed by atoms with Crippen molar-refractivity contribution in [2.75, 3.05) is 10.7 Å². The number of hydrogen-bond acceptors (Lipinski definition) is 6. The van der Waals surface area contributed by atoms with Gasteiger partial charge in [0, 0.05) is 12.0 Å². The molecule has 0 aliphatic carbocycles. The Hall–Kier alpha value is -4.03. The molecular weight excluding hydrogens is 608 g/mol. The van der Waals surface area contributed by atoms with E-state index in [9.17, 15) is 18.0 Å². The number of thioether (sulfide) groups is 1. The first-order chi connectivity index (χ1) is 21.1. The van der Waals surface area contributed by atoms with E-state index in [1.807, 2.05) is 50.2 Å². The van der Waals surface area contributed by atoms with Gasteiger partial charge in [-0.2, -0.15) is 0 Å². The molecule has 1 aromatic heterocycles. The molecule has 0 saturated carbocycles. The van der Waals surface area contributed by atoms with Crippen LogP contribution in [0.1, 0.15) is 42.4 Å². The summed E-state index contributed by atoms with van der Waals surface area (Å²) < 4.78 is 42.7. The van der Waals surface area contributed by atoms with Gasteiger partial charge in [-0.3, -0.25) is 9.69 Å². The molecule has 1 amide bonds. The first-order valence-corrected chi connectivity index (χ1v) is 15.5. The summed E-state index contributed by atoms with van der Waals surface area (Å²) in [6.07, 6.45) is 1.18. The molecule has 2 heterocycles. The molecule has 44 heavy (non-hydrogen) atoms. The van der Waals surface area contributed by atoms with Crippen molar-refractivity contribution in [1.82, 2.24) is 14.8 Å². The van der Waals surface area contributed by atoms with Gasteiger partial charge < -0.3 is 4.74 Å². The van der Waals surface area contributed by atoms with Crippen LogP contribution in [0, 0.1) is 13.8 Å². The molecule has 7 nitrogen and oxygen atoms in total. The van der Waals surface area contributed by atoms with Gasteiger partial charge >= 0.3 is 6.36 Å². The maximum atomic E-state index is 12.7. The molecule has 0 spiro atoms. The number of benzene rings is 3. The van der Waals surface area contributed by atoms with Gasteiger partial charge in [0.1, 0.15) is 17.1 Å². The highest BCUT2D eigenvalue weighted by atomic mass is 32.2. The largest absolute Gasteiger partial charge is 0.573 e. The number of ether oxygens (including phenoxy) is 1. The van der Waals surface area contributed by atoms with Crippen molar-refractivity contribution >= 4 is 45.7 Å². The number of alkyl halides is 3. The number of amides is 1. The molecule has 1 fully saturated rings. The zero-order chi connectivity index (χ0) is 31.3. The van der Waals surface area contributed by atoms with E-state index >= 15 is 0 Å². The average molecular weight is 638 g/mol. The Balaban J connectivity index is 1.12. The van der Waals surface area contributed by atoms with Crippen LogP contribution in [0.25, 0.3) is 17.1 Å². The van der Waals surface area contributed by atoms with Crippen LogP contribution in [0.4, 0.5) is 18.9 Å². The number of hydrogen-bond donors (Lipinski definition) is 0. The second-order valence-electron chi connectivity index (χ2n) is 10.4. The van der Waals surface area contributed by atoms with Gasteiger partial charge in [0.15, 0.2) is 11.0 Å². The fourth-order valence-corrected chi connectivity index (χ4v) is 6.12. The third-order valence-electron chi connectivity index (χ3n) is 7.02.